The first kappa shape index (κ1) is 25.3. The molecule has 5 heterocycles. The molecule has 42 heavy (non-hydrogen) atoms. The summed E-state index contributed by atoms with van der Waals surface area (Å²) < 4.78 is 35.3. The molecule has 3 unspecified atom stereocenters. The molecule has 8 nitrogen and oxygen atoms in total. The summed E-state index contributed by atoms with van der Waals surface area (Å²) in [6.45, 7) is 4.55. The number of hydrogen-bond donors (Lipinski definition) is 0. The number of benzene rings is 2. The van der Waals surface area contributed by atoms with Crippen molar-refractivity contribution >= 4 is 17.3 Å². The van der Waals surface area contributed by atoms with Crippen LogP contribution in [0.3, 0.4) is 0 Å². The Hall–Kier alpha value is -4.44. The van der Waals surface area contributed by atoms with E-state index < -0.39 is 12.1 Å². The Labute approximate surface area is 243 Å². The van der Waals surface area contributed by atoms with Crippen LogP contribution >= 0.6 is 11.6 Å². The highest BCUT2D eigenvalue weighted by atomic mass is 35.5. The number of rotatable bonds is 5. The van der Waals surface area contributed by atoms with Crippen LogP contribution in [0.1, 0.15) is 53.9 Å². The molecule has 8 rings (SSSR count). The summed E-state index contributed by atoms with van der Waals surface area (Å²) in [4.78, 5) is 23.4. The Morgan fingerprint density at radius 2 is 2.00 bits per heavy atom. The van der Waals surface area contributed by atoms with Crippen molar-refractivity contribution in [2.24, 2.45) is 10.9 Å². The van der Waals surface area contributed by atoms with Gasteiger partial charge in [0.15, 0.2) is 0 Å². The van der Waals surface area contributed by atoms with Gasteiger partial charge in [0.2, 0.25) is 0 Å². The van der Waals surface area contributed by atoms with Crippen molar-refractivity contribution in [2.45, 2.75) is 37.6 Å². The molecule has 0 amide bonds. The molecular formula is C31H23ClF2N6O2. The van der Waals surface area contributed by atoms with Gasteiger partial charge < -0.3 is 4.74 Å². The maximum absolute atomic E-state index is 13.7. The first-order valence-electron chi connectivity index (χ1n) is 13.7. The predicted molar refractivity (Wildman–Crippen MR) is 153 cm³/mol. The Morgan fingerprint density at radius 3 is 2.83 bits per heavy atom. The van der Waals surface area contributed by atoms with Gasteiger partial charge in [-0.05, 0) is 58.9 Å². The third-order valence-corrected chi connectivity index (χ3v) is 8.70. The highest BCUT2D eigenvalue weighted by molar-refractivity contribution is 6.31. The predicted octanol–water partition coefficient (Wildman–Crippen LogP) is 6.01. The summed E-state index contributed by atoms with van der Waals surface area (Å²) >= 11 is 6.31. The Bertz CT molecular complexity index is 1940. The quantitative estimate of drug-likeness (QED) is 0.268. The Morgan fingerprint density at radius 1 is 1.12 bits per heavy atom. The van der Waals surface area contributed by atoms with E-state index in [1.165, 1.54) is 16.9 Å². The van der Waals surface area contributed by atoms with Gasteiger partial charge in [-0.15, -0.1) is 5.10 Å². The monoisotopic (exact) mass is 584 g/mol. The number of hydrogen-bond acceptors (Lipinski definition) is 6. The molecule has 0 N–H and O–H groups in total. The molecule has 2 aromatic carbocycles. The minimum atomic E-state index is -2.75. The van der Waals surface area contributed by atoms with Crippen LogP contribution < -0.4 is 10.3 Å². The molecule has 3 atom stereocenters. The minimum Gasteiger partial charge on any atom is -0.489 e. The second-order valence-electron chi connectivity index (χ2n) is 11.2. The molecule has 3 aliphatic heterocycles. The molecule has 0 radical (unpaired) electrons. The van der Waals surface area contributed by atoms with Gasteiger partial charge in [0.25, 0.3) is 12.0 Å². The zero-order valence-electron chi connectivity index (χ0n) is 22.2. The van der Waals surface area contributed by atoms with Crippen molar-refractivity contribution < 1.29 is 13.5 Å². The molecule has 0 bridgehead atoms. The molecule has 0 saturated heterocycles. The van der Waals surface area contributed by atoms with Gasteiger partial charge in [-0.3, -0.25) is 14.4 Å². The second-order valence-corrected chi connectivity index (χ2v) is 11.6. The first-order valence-corrected chi connectivity index (χ1v) is 14.0. The van der Waals surface area contributed by atoms with Crippen molar-refractivity contribution in [1.82, 2.24) is 24.5 Å². The lowest BCUT2D eigenvalue weighted by Gasteiger charge is -2.21. The number of nitrogens with zero attached hydrogens (tertiary/aromatic N) is 6. The largest absolute Gasteiger partial charge is 0.489 e. The zero-order valence-corrected chi connectivity index (χ0v) is 22.9. The number of allylic oxidation sites excluding steroid dienone is 1. The first-order chi connectivity index (χ1) is 20.3. The second kappa shape index (κ2) is 9.29. The molecule has 1 fully saturated rings. The lowest BCUT2D eigenvalue weighted by molar-refractivity contribution is 0.146. The smallest absolute Gasteiger partial charge is 0.283 e. The number of fused-ring (bicyclic) bond motifs is 4. The summed E-state index contributed by atoms with van der Waals surface area (Å²) in [7, 11) is 0. The van der Waals surface area contributed by atoms with E-state index in [4.69, 9.17) is 26.3 Å². The molecule has 0 spiro atoms. The summed E-state index contributed by atoms with van der Waals surface area (Å²) in [6, 6.07) is 12.5. The third kappa shape index (κ3) is 4.04. The van der Waals surface area contributed by atoms with Crippen LogP contribution in [0.15, 0.2) is 82.4 Å². The molecule has 1 aliphatic carbocycles. The van der Waals surface area contributed by atoms with E-state index >= 15 is 0 Å². The molecule has 11 heteroatoms. The highest BCUT2D eigenvalue weighted by Gasteiger charge is 2.55. The van der Waals surface area contributed by atoms with E-state index in [0.29, 0.717) is 35.0 Å². The van der Waals surface area contributed by atoms with Crippen LogP contribution in [0.5, 0.6) is 5.75 Å². The zero-order chi connectivity index (χ0) is 28.7. The number of ether oxygens (including phenoxy) is 1. The van der Waals surface area contributed by atoms with Crippen LogP contribution in [0.4, 0.5) is 8.78 Å². The van der Waals surface area contributed by atoms with E-state index in [1.807, 2.05) is 12.3 Å². The van der Waals surface area contributed by atoms with Crippen molar-refractivity contribution in [1.29, 1.82) is 0 Å². The van der Waals surface area contributed by atoms with E-state index in [1.54, 1.807) is 22.8 Å². The molecule has 1 saturated carbocycles. The average Bonchev–Trinajstić information content (AvgIpc) is 3.30. The number of aliphatic imine (C=N–C) groups is 1. The van der Waals surface area contributed by atoms with Crippen LogP contribution in [0, 0.1) is 5.92 Å². The number of aromatic nitrogens is 5. The van der Waals surface area contributed by atoms with Crippen LogP contribution in [0.25, 0.3) is 16.9 Å². The van der Waals surface area contributed by atoms with Gasteiger partial charge in [0.1, 0.15) is 23.9 Å². The standard InChI is InChI=1S/C31H23ClF2N6O2/c1-15-6-17-3-2-16(8-27(17)42-14-15)23-7-18(12-35-23)29-20-10-21(20)31-36-24(11-28(41)40(29)31)22-9-19(32)4-5-26(22)39-13-25(30(33)34)37-38-39/h2-5,8-9,11-13,20-21,29-30H,1,6-7,10,14H2. The van der Waals surface area contributed by atoms with Gasteiger partial charge in [-0.2, -0.15) is 0 Å². The topological polar surface area (TPSA) is 87.2 Å². The lowest BCUT2D eigenvalue weighted by atomic mass is 9.95. The van der Waals surface area contributed by atoms with Crippen LogP contribution in [-0.4, -0.2) is 36.9 Å². The molecule has 210 valence electrons. The average molecular weight is 585 g/mol. The molecule has 4 aromatic rings. The summed E-state index contributed by atoms with van der Waals surface area (Å²) in [5.74, 6) is 2.04. The normalized spacial score (nSPS) is 21.9. The Kier molecular flexibility index (Phi) is 5.59. The van der Waals surface area contributed by atoms with Gasteiger partial charge in [0.05, 0.1) is 29.3 Å². The van der Waals surface area contributed by atoms with E-state index in [-0.39, 0.29) is 23.4 Å². The van der Waals surface area contributed by atoms with E-state index in [0.717, 1.165) is 52.4 Å². The number of halogens is 3. The SMILES string of the molecule is C=C1COc2cc(C3=NC=C(C4C5CC5c5nc(-c6cc(Cl)ccc6-n6cc(C(F)F)nn6)cc(=O)n54)C3)ccc2C1. The maximum Gasteiger partial charge on any atom is 0.283 e. The van der Waals surface area contributed by atoms with Crippen molar-refractivity contribution in [3.05, 3.63) is 111 Å². The van der Waals surface area contributed by atoms with Crippen molar-refractivity contribution in [2.75, 3.05) is 6.61 Å². The third-order valence-electron chi connectivity index (χ3n) is 8.46. The van der Waals surface area contributed by atoms with E-state index in [9.17, 15) is 13.6 Å². The number of alkyl halides is 2. The fourth-order valence-electron chi connectivity index (χ4n) is 6.41. The fourth-order valence-corrected chi connectivity index (χ4v) is 6.58. The van der Waals surface area contributed by atoms with Gasteiger partial charge in [0, 0.05) is 41.6 Å². The Balaban J connectivity index is 1.11. The maximum atomic E-state index is 13.7. The summed E-state index contributed by atoms with van der Waals surface area (Å²) in [6.07, 6.45) is 2.71. The lowest BCUT2D eigenvalue weighted by Crippen LogP contribution is -2.27. The minimum absolute atomic E-state index is 0.111. The van der Waals surface area contributed by atoms with Crippen LogP contribution in [-0.2, 0) is 6.42 Å². The highest BCUT2D eigenvalue weighted by Crippen LogP contribution is 2.61. The summed E-state index contributed by atoms with van der Waals surface area (Å²) in [5.41, 5.74) is 5.99. The van der Waals surface area contributed by atoms with E-state index in [2.05, 4.69) is 29.0 Å². The molecule has 2 aromatic heterocycles. The van der Waals surface area contributed by atoms with Gasteiger partial charge in [-0.25, -0.2) is 18.4 Å². The van der Waals surface area contributed by atoms with Crippen molar-refractivity contribution in [3.8, 4) is 22.7 Å². The fraction of sp³-hybridized carbons (Fsp3) is 0.258. The van der Waals surface area contributed by atoms with Crippen molar-refractivity contribution in [3.63, 3.8) is 0 Å². The van der Waals surface area contributed by atoms with Crippen LogP contribution in [0.2, 0.25) is 5.02 Å². The summed E-state index contributed by atoms with van der Waals surface area (Å²) in [5, 5.41) is 7.85. The van der Waals surface area contributed by atoms with Gasteiger partial charge >= 0.3 is 0 Å². The molecule has 4 aliphatic rings. The molecular weight excluding hydrogens is 562 g/mol. The van der Waals surface area contributed by atoms with Gasteiger partial charge in [-0.1, -0.05) is 35.5 Å².